The van der Waals surface area contributed by atoms with Gasteiger partial charge in [0.2, 0.25) is 0 Å². The molecule has 2 N–H and O–H groups in total. The molecule has 2 saturated carbocycles. The molecule has 1 atom stereocenters. The van der Waals surface area contributed by atoms with Crippen molar-refractivity contribution >= 4 is 40.9 Å². The van der Waals surface area contributed by atoms with Gasteiger partial charge in [-0.3, -0.25) is 4.79 Å². The van der Waals surface area contributed by atoms with E-state index in [-0.39, 0.29) is 11.8 Å². The Hall–Kier alpha value is -2.92. The lowest BCUT2D eigenvalue weighted by molar-refractivity contribution is 0.102. The summed E-state index contributed by atoms with van der Waals surface area (Å²) >= 11 is 1.79. The van der Waals surface area contributed by atoms with Gasteiger partial charge in [0.1, 0.15) is 11.6 Å². The lowest BCUT2D eigenvalue weighted by atomic mass is 9.93. The molecule has 1 amide bonds. The number of carbonyl (C=O) groups is 1. The molecule has 1 unspecified atom stereocenters. The molecule has 2 aliphatic heterocycles. The number of aromatic nitrogens is 1. The number of nitrogens with one attached hydrogen (secondary N) is 2. The van der Waals surface area contributed by atoms with Gasteiger partial charge < -0.3 is 19.8 Å². The van der Waals surface area contributed by atoms with Crippen LogP contribution in [0.4, 0.5) is 23.0 Å². The summed E-state index contributed by atoms with van der Waals surface area (Å²) in [7, 11) is 0. The minimum absolute atomic E-state index is 0.0310. The van der Waals surface area contributed by atoms with Crippen LogP contribution < -0.4 is 19.8 Å². The first-order valence-electron chi connectivity index (χ1n) is 13.7. The van der Waals surface area contributed by atoms with Gasteiger partial charge in [-0.2, -0.15) is 5.26 Å². The second kappa shape index (κ2) is 9.75. The molecule has 6 rings (SSSR count). The number of carbonyl (C=O) groups excluding carboxylic acids is 1. The van der Waals surface area contributed by atoms with Gasteiger partial charge in [-0.25, -0.2) is 4.98 Å². The Balaban J connectivity index is 1.20. The zero-order chi connectivity index (χ0) is 25.5. The molecular weight excluding hydrogens is 480 g/mol. The van der Waals surface area contributed by atoms with Crippen LogP contribution in [0.1, 0.15) is 68.6 Å². The van der Waals surface area contributed by atoms with Crippen molar-refractivity contribution in [1.29, 1.82) is 5.26 Å². The van der Waals surface area contributed by atoms with Crippen molar-refractivity contribution in [3.05, 3.63) is 42.0 Å². The third-order valence-electron chi connectivity index (χ3n) is 8.64. The van der Waals surface area contributed by atoms with E-state index in [4.69, 9.17) is 4.98 Å². The van der Waals surface area contributed by atoms with Crippen LogP contribution in [0.3, 0.4) is 0 Å². The first-order chi connectivity index (χ1) is 17.9. The van der Waals surface area contributed by atoms with Crippen molar-refractivity contribution in [3.63, 3.8) is 0 Å². The number of rotatable bonds is 7. The zero-order valence-electron chi connectivity index (χ0n) is 21.6. The highest BCUT2D eigenvalue weighted by Gasteiger charge is 2.44. The third kappa shape index (κ3) is 5.52. The van der Waals surface area contributed by atoms with Crippen molar-refractivity contribution in [1.82, 2.24) is 4.98 Å². The van der Waals surface area contributed by atoms with Gasteiger partial charge in [-0.05, 0) is 106 Å². The Morgan fingerprint density at radius 1 is 1.08 bits per heavy atom. The van der Waals surface area contributed by atoms with Crippen molar-refractivity contribution < 1.29 is 4.79 Å². The number of nitrogens with zero attached hydrogens (tertiary/aromatic N) is 4. The molecule has 2 aliphatic carbocycles. The van der Waals surface area contributed by atoms with E-state index in [0.29, 0.717) is 28.1 Å². The van der Waals surface area contributed by atoms with Gasteiger partial charge in [-0.1, -0.05) is 6.07 Å². The number of hydrogen-bond acceptors (Lipinski definition) is 7. The SMILES string of the molecule is CC1(SNc2ccc(C(=O)Nc3cccc(N4CCCC(C#N)C4)n3)c(N3CCC4(CC3)CC4)c2)CC1. The molecule has 1 aromatic heterocycles. The van der Waals surface area contributed by atoms with Crippen LogP contribution in [-0.4, -0.2) is 41.8 Å². The number of benzene rings is 1. The summed E-state index contributed by atoms with van der Waals surface area (Å²) in [6, 6.07) is 14.2. The van der Waals surface area contributed by atoms with Gasteiger partial charge >= 0.3 is 0 Å². The van der Waals surface area contributed by atoms with Crippen LogP contribution in [0.5, 0.6) is 0 Å². The Labute approximate surface area is 224 Å². The summed E-state index contributed by atoms with van der Waals surface area (Å²) < 4.78 is 3.87. The Bertz CT molecular complexity index is 1210. The summed E-state index contributed by atoms with van der Waals surface area (Å²) in [4.78, 5) is 22.9. The monoisotopic (exact) mass is 516 g/mol. The first kappa shape index (κ1) is 24.4. The summed E-state index contributed by atoms with van der Waals surface area (Å²) in [5.41, 5.74) is 3.32. The van der Waals surface area contributed by atoms with E-state index >= 15 is 0 Å². The molecule has 0 radical (unpaired) electrons. The maximum absolute atomic E-state index is 13.6. The minimum Gasteiger partial charge on any atom is -0.371 e. The van der Waals surface area contributed by atoms with Gasteiger partial charge in [0.25, 0.3) is 5.91 Å². The minimum atomic E-state index is -0.131. The van der Waals surface area contributed by atoms with Gasteiger partial charge in [0.05, 0.1) is 23.2 Å². The number of hydrogen-bond donors (Lipinski definition) is 2. The first-order valence-corrected chi connectivity index (χ1v) is 14.5. The molecular formula is C29H36N6OS. The summed E-state index contributed by atoms with van der Waals surface area (Å²) in [6.45, 7) is 5.86. The van der Waals surface area contributed by atoms with Crippen LogP contribution in [-0.2, 0) is 0 Å². The molecule has 4 aliphatic rings. The Morgan fingerprint density at radius 2 is 1.89 bits per heavy atom. The third-order valence-corrected chi connectivity index (χ3v) is 9.88. The topological polar surface area (TPSA) is 84.3 Å². The average molecular weight is 517 g/mol. The number of nitriles is 1. The van der Waals surface area contributed by atoms with Gasteiger partial charge in [0, 0.05) is 36.6 Å². The second-order valence-corrected chi connectivity index (χ2v) is 13.0. The second-order valence-electron chi connectivity index (χ2n) is 11.6. The van der Waals surface area contributed by atoms with Crippen LogP contribution in [0.15, 0.2) is 36.4 Å². The molecule has 37 heavy (non-hydrogen) atoms. The highest BCUT2D eigenvalue weighted by atomic mass is 32.2. The van der Waals surface area contributed by atoms with Crippen LogP contribution >= 0.6 is 11.9 Å². The van der Waals surface area contributed by atoms with Crippen LogP contribution in [0.25, 0.3) is 0 Å². The number of anilines is 4. The van der Waals surface area contributed by atoms with Crippen LogP contribution in [0.2, 0.25) is 0 Å². The Kier molecular flexibility index (Phi) is 6.44. The highest BCUT2D eigenvalue weighted by molar-refractivity contribution is 8.02. The lowest BCUT2D eigenvalue weighted by Crippen LogP contribution is -2.36. The Morgan fingerprint density at radius 3 is 2.62 bits per heavy atom. The van der Waals surface area contributed by atoms with Crippen molar-refractivity contribution in [2.45, 2.75) is 63.0 Å². The number of piperidine rings is 2. The molecule has 2 aromatic rings. The predicted molar refractivity (Wildman–Crippen MR) is 151 cm³/mol. The maximum atomic E-state index is 13.6. The highest BCUT2D eigenvalue weighted by Crippen LogP contribution is 2.54. The number of pyridine rings is 1. The fraction of sp³-hybridized carbons (Fsp3) is 0.552. The molecule has 1 spiro atoms. The summed E-state index contributed by atoms with van der Waals surface area (Å²) in [5.74, 6) is 1.26. The van der Waals surface area contributed by atoms with E-state index in [0.717, 1.165) is 49.7 Å². The standard InChI is InChI=1S/C29H36N6OS/c1-28(9-10-28)37-33-22-7-8-23(24(18-22)34-16-13-29(11-12-29)14-17-34)27(36)32-25-5-2-6-26(31-25)35-15-3-4-21(19-30)20-35/h2,5-8,18,21,33H,3-4,9-17,20H2,1H3,(H,31,32,36). The molecule has 0 bridgehead atoms. The van der Waals surface area contributed by atoms with E-state index in [9.17, 15) is 10.1 Å². The summed E-state index contributed by atoms with van der Waals surface area (Å²) in [6.07, 6.45) is 9.54. The maximum Gasteiger partial charge on any atom is 0.258 e. The molecule has 2 saturated heterocycles. The van der Waals surface area contributed by atoms with E-state index < -0.39 is 0 Å². The smallest absolute Gasteiger partial charge is 0.258 e. The van der Waals surface area contributed by atoms with Gasteiger partial charge in [0.15, 0.2) is 0 Å². The van der Waals surface area contributed by atoms with Gasteiger partial charge in [-0.15, -0.1) is 0 Å². The summed E-state index contributed by atoms with van der Waals surface area (Å²) in [5, 5.41) is 12.4. The van der Waals surface area contributed by atoms with E-state index in [1.54, 1.807) is 11.9 Å². The largest absolute Gasteiger partial charge is 0.371 e. The molecule has 3 heterocycles. The predicted octanol–water partition coefficient (Wildman–Crippen LogP) is 6.07. The fourth-order valence-corrected chi connectivity index (χ4v) is 6.35. The van der Waals surface area contributed by atoms with E-state index in [1.807, 2.05) is 30.3 Å². The quantitative estimate of drug-likeness (QED) is 0.432. The molecule has 8 heteroatoms. The lowest BCUT2D eigenvalue weighted by Gasteiger charge is -2.35. The fourth-order valence-electron chi connectivity index (χ4n) is 5.55. The molecule has 7 nitrogen and oxygen atoms in total. The molecule has 194 valence electrons. The van der Waals surface area contributed by atoms with Crippen molar-refractivity contribution in [2.75, 3.05) is 46.0 Å². The molecule has 4 fully saturated rings. The van der Waals surface area contributed by atoms with Crippen molar-refractivity contribution in [3.8, 4) is 6.07 Å². The normalized spacial score (nSPS) is 23.3. The average Bonchev–Trinajstić information content (AvgIpc) is 3.86. The van der Waals surface area contributed by atoms with Crippen LogP contribution in [0, 0.1) is 22.7 Å². The molecule has 1 aromatic carbocycles. The number of amides is 1. The zero-order valence-corrected chi connectivity index (χ0v) is 22.4. The van der Waals surface area contributed by atoms with E-state index in [1.165, 1.54) is 38.5 Å². The van der Waals surface area contributed by atoms with E-state index in [2.05, 4.69) is 38.9 Å². The van der Waals surface area contributed by atoms with Crippen molar-refractivity contribution in [2.24, 2.45) is 11.3 Å².